The van der Waals surface area contributed by atoms with E-state index in [1.54, 1.807) is 62.3 Å². The highest BCUT2D eigenvalue weighted by Gasteiger charge is 2.14. The number of benzene rings is 1. The Morgan fingerprint density at radius 1 is 1.30 bits per heavy atom. The first kappa shape index (κ1) is 19.3. The van der Waals surface area contributed by atoms with Gasteiger partial charge in [-0.05, 0) is 37.5 Å². The molecule has 0 aliphatic rings. The number of rotatable bonds is 7. The molecule has 1 rings (SSSR count). The normalized spacial score (nSPS) is 12.0. The lowest BCUT2D eigenvalue weighted by molar-refractivity contribution is -0.140. The zero-order valence-corrected chi connectivity index (χ0v) is 15.2. The minimum Gasteiger partial charge on any atom is -0.461 e. The van der Waals surface area contributed by atoms with E-state index in [9.17, 15) is 9.59 Å². The quantitative estimate of drug-likeness (QED) is 0.323. The van der Waals surface area contributed by atoms with Crippen LogP contribution in [0.25, 0.3) is 0 Å². The van der Waals surface area contributed by atoms with Crippen molar-refractivity contribution in [3.63, 3.8) is 0 Å². The highest BCUT2D eigenvalue weighted by molar-refractivity contribution is 8.03. The largest absolute Gasteiger partial charge is 0.461 e. The summed E-state index contributed by atoms with van der Waals surface area (Å²) in [5, 5.41) is 0.507. The van der Waals surface area contributed by atoms with Gasteiger partial charge >= 0.3 is 5.97 Å². The second-order valence-electron chi connectivity index (χ2n) is 4.74. The Morgan fingerprint density at radius 2 is 2.00 bits per heavy atom. The second-order valence-corrected chi connectivity index (χ2v) is 6.03. The predicted molar refractivity (Wildman–Crippen MR) is 95.8 cm³/mol. The Bertz CT molecular complexity index is 638. The molecule has 0 heterocycles. The Labute approximate surface area is 146 Å². The lowest BCUT2D eigenvalue weighted by atomic mass is 10.1. The summed E-state index contributed by atoms with van der Waals surface area (Å²) in [6.07, 6.45) is 5.02. The van der Waals surface area contributed by atoms with Crippen LogP contribution >= 0.6 is 23.4 Å². The van der Waals surface area contributed by atoms with Crippen LogP contribution in [0, 0.1) is 0 Å². The summed E-state index contributed by atoms with van der Waals surface area (Å²) in [7, 11) is 3.49. The number of nitrogens with zero attached hydrogens (tertiary/aromatic N) is 1. The summed E-state index contributed by atoms with van der Waals surface area (Å²) in [6.45, 7) is 2.04. The molecular formula is C17H20ClNO3S. The first-order valence-electron chi connectivity index (χ1n) is 7.01. The van der Waals surface area contributed by atoms with Gasteiger partial charge in [0, 0.05) is 24.7 Å². The van der Waals surface area contributed by atoms with Gasteiger partial charge in [0.05, 0.1) is 11.5 Å². The summed E-state index contributed by atoms with van der Waals surface area (Å²) < 4.78 is 5.00. The van der Waals surface area contributed by atoms with Crippen molar-refractivity contribution >= 4 is 35.1 Å². The number of ether oxygens (including phenoxy) is 1. The molecule has 124 valence electrons. The monoisotopic (exact) mass is 353 g/mol. The number of ketones is 1. The molecule has 0 aliphatic carbocycles. The maximum Gasteiger partial charge on any atom is 0.354 e. The van der Waals surface area contributed by atoms with E-state index in [4.69, 9.17) is 16.3 Å². The van der Waals surface area contributed by atoms with Gasteiger partial charge in [-0.3, -0.25) is 4.79 Å². The van der Waals surface area contributed by atoms with E-state index in [2.05, 4.69) is 0 Å². The van der Waals surface area contributed by atoms with Crippen LogP contribution in [0.2, 0.25) is 5.02 Å². The molecule has 0 radical (unpaired) electrons. The molecule has 1 aromatic carbocycles. The molecule has 0 saturated carbocycles. The molecule has 0 fully saturated rings. The summed E-state index contributed by atoms with van der Waals surface area (Å²) in [5.41, 5.74) is 0.881. The maximum absolute atomic E-state index is 12.5. The fraction of sp³-hybridized carbons (Fsp3) is 0.294. The fourth-order valence-electron chi connectivity index (χ4n) is 1.77. The molecule has 6 heteroatoms. The van der Waals surface area contributed by atoms with E-state index >= 15 is 0 Å². The Kier molecular flexibility index (Phi) is 7.92. The first-order valence-corrected chi connectivity index (χ1v) is 8.61. The number of carbonyl (C=O) groups is 2. The topological polar surface area (TPSA) is 46.6 Å². The van der Waals surface area contributed by atoms with Crippen LogP contribution in [0.1, 0.15) is 17.3 Å². The molecule has 0 spiro atoms. The smallest absolute Gasteiger partial charge is 0.354 e. The first-order chi connectivity index (χ1) is 10.9. The lowest BCUT2D eigenvalue weighted by Crippen LogP contribution is -2.21. The number of thioether (sulfide) groups is 1. The summed E-state index contributed by atoms with van der Waals surface area (Å²) in [5.74, 6) is -0.567. The van der Waals surface area contributed by atoms with Crippen molar-refractivity contribution in [1.82, 2.24) is 4.90 Å². The SMILES string of the molecule is CCOC(=O)/C(=C/C=C(\SC)C(=O)c1cccc(Cl)c1)N(C)C. The highest BCUT2D eigenvalue weighted by Crippen LogP contribution is 2.21. The van der Waals surface area contributed by atoms with E-state index in [0.717, 1.165) is 0 Å². The van der Waals surface area contributed by atoms with Gasteiger partial charge in [0.1, 0.15) is 5.70 Å². The van der Waals surface area contributed by atoms with Crippen LogP contribution in [0.3, 0.4) is 0 Å². The van der Waals surface area contributed by atoms with Gasteiger partial charge in [-0.15, -0.1) is 11.8 Å². The zero-order chi connectivity index (χ0) is 17.4. The predicted octanol–water partition coefficient (Wildman–Crippen LogP) is 3.78. The van der Waals surface area contributed by atoms with Gasteiger partial charge in [0.25, 0.3) is 0 Å². The van der Waals surface area contributed by atoms with E-state index in [1.165, 1.54) is 11.8 Å². The third-order valence-electron chi connectivity index (χ3n) is 2.89. The Hall–Kier alpha value is -1.72. The van der Waals surface area contributed by atoms with Gasteiger partial charge in [-0.25, -0.2) is 4.79 Å². The van der Waals surface area contributed by atoms with Gasteiger partial charge in [-0.2, -0.15) is 0 Å². The van der Waals surface area contributed by atoms with Gasteiger partial charge < -0.3 is 9.64 Å². The van der Waals surface area contributed by atoms with Crippen molar-refractivity contribution in [2.75, 3.05) is 27.0 Å². The van der Waals surface area contributed by atoms with Crippen molar-refractivity contribution in [1.29, 1.82) is 0 Å². The second kappa shape index (κ2) is 9.43. The maximum atomic E-state index is 12.5. The zero-order valence-electron chi connectivity index (χ0n) is 13.6. The molecule has 4 nitrogen and oxygen atoms in total. The number of carbonyl (C=O) groups excluding carboxylic acids is 2. The third-order valence-corrected chi connectivity index (χ3v) is 3.89. The third kappa shape index (κ3) is 5.77. The molecular weight excluding hydrogens is 334 g/mol. The molecule has 0 unspecified atom stereocenters. The molecule has 0 saturated heterocycles. The van der Waals surface area contributed by atoms with Crippen molar-refractivity contribution < 1.29 is 14.3 Å². The van der Waals surface area contributed by atoms with Crippen LogP contribution in [-0.2, 0) is 9.53 Å². The molecule has 0 aromatic heterocycles. The number of allylic oxidation sites excluding steroid dienone is 3. The molecule has 0 amide bonds. The summed E-state index contributed by atoms with van der Waals surface area (Å²) in [4.78, 5) is 26.6. The number of likely N-dealkylation sites (N-methyl/N-ethyl adjacent to an activating group) is 1. The van der Waals surface area contributed by atoms with E-state index in [1.807, 2.05) is 6.26 Å². The summed E-state index contributed by atoms with van der Waals surface area (Å²) in [6, 6.07) is 6.77. The van der Waals surface area contributed by atoms with Crippen molar-refractivity contribution in [2.24, 2.45) is 0 Å². The molecule has 0 N–H and O–H groups in total. The minimum atomic E-state index is -0.426. The average Bonchev–Trinajstić information content (AvgIpc) is 2.50. The summed E-state index contributed by atoms with van der Waals surface area (Å²) >= 11 is 7.23. The molecule has 1 aromatic rings. The van der Waals surface area contributed by atoms with Crippen LogP contribution in [0.4, 0.5) is 0 Å². The minimum absolute atomic E-state index is 0.141. The fourth-order valence-corrected chi connectivity index (χ4v) is 2.47. The van der Waals surface area contributed by atoms with E-state index < -0.39 is 5.97 Å². The van der Waals surface area contributed by atoms with Crippen LogP contribution < -0.4 is 0 Å². The highest BCUT2D eigenvalue weighted by atomic mass is 35.5. The lowest BCUT2D eigenvalue weighted by Gasteiger charge is -2.15. The standard InChI is InChI=1S/C17H20ClNO3S/c1-5-22-17(21)14(19(2)3)9-10-15(23-4)16(20)12-7-6-8-13(18)11-12/h6-11H,5H2,1-4H3/b14-9-,15-10-. The van der Waals surface area contributed by atoms with Crippen molar-refractivity contribution in [2.45, 2.75) is 6.92 Å². The number of hydrogen-bond acceptors (Lipinski definition) is 5. The molecule has 0 atom stereocenters. The van der Waals surface area contributed by atoms with Gasteiger partial charge in [0.2, 0.25) is 0 Å². The number of halogens is 1. The van der Waals surface area contributed by atoms with Crippen LogP contribution in [0.5, 0.6) is 0 Å². The molecule has 0 aliphatic heterocycles. The van der Waals surface area contributed by atoms with Crippen LogP contribution in [0.15, 0.2) is 47.0 Å². The Morgan fingerprint density at radius 3 is 2.52 bits per heavy atom. The Balaban J connectivity index is 3.11. The van der Waals surface area contributed by atoms with Gasteiger partial charge in [-0.1, -0.05) is 23.7 Å². The van der Waals surface area contributed by atoms with Crippen molar-refractivity contribution in [3.8, 4) is 0 Å². The number of hydrogen-bond donors (Lipinski definition) is 0. The molecule has 23 heavy (non-hydrogen) atoms. The number of esters is 1. The van der Waals surface area contributed by atoms with Crippen LogP contribution in [-0.4, -0.2) is 43.6 Å². The number of Topliss-reactive ketones (excluding diaryl/α,β-unsaturated/α-hetero) is 1. The van der Waals surface area contributed by atoms with Crippen molar-refractivity contribution in [3.05, 3.63) is 57.6 Å². The van der Waals surface area contributed by atoms with E-state index in [0.29, 0.717) is 27.8 Å². The molecule has 0 bridgehead atoms. The van der Waals surface area contributed by atoms with E-state index in [-0.39, 0.29) is 5.78 Å². The average molecular weight is 354 g/mol. The van der Waals surface area contributed by atoms with Gasteiger partial charge in [0.15, 0.2) is 5.78 Å².